The van der Waals surface area contributed by atoms with E-state index < -0.39 is 5.91 Å². The first-order chi connectivity index (χ1) is 12.6. The predicted molar refractivity (Wildman–Crippen MR) is 102 cm³/mol. The molecular formula is C21H23N3O2. The van der Waals surface area contributed by atoms with Crippen LogP contribution in [0.2, 0.25) is 0 Å². The Bertz CT molecular complexity index is 930. The van der Waals surface area contributed by atoms with Gasteiger partial charge in [-0.2, -0.15) is 0 Å². The summed E-state index contributed by atoms with van der Waals surface area (Å²) in [6.07, 6.45) is 2.49. The van der Waals surface area contributed by atoms with Gasteiger partial charge in [-0.1, -0.05) is 31.2 Å². The van der Waals surface area contributed by atoms with Crippen LogP contribution in [0.15, 0.2) is 48.7 Å². The first-order valence-electron chi connectivity index (χ1n) is 8.63. The van der Waals surface area contributed by atoms with Crippen LogP contribution in [-0.2, 0) is 13.0 Å². The zero-order valence-corrected chi connectivity index (χ0v) is 15.3. The fourth-order valence-corrected chi connectivity index (χ4v) is 3.47. The summed E-state index contributed by atoms with van der Waals surface area (Å²) in [4.78, 5) is 16.7. The molecule has 0 aliphatic heterocycles. The van der Waals surface area contributed by atoms with Gasteiger partial charge in [-0.15, -0.1) is 0 Å². The Balaban J connectivity index is 2.22. The van der Waals surface area contributed by atoms with Crippen LogP contribution in [0.5, 0.6) is 5.75 Å². The molecule has 5 heteroatoms. The summed E-state index contributed by atoms with van der Waals surface area (Å²) in [5.74, 6) is 0.388. The van der Waals surface area contributed by atoms with Crippen molar-refractivity contribution >= 4 is 5.91 Å². The van der Waals surface area contributed by atoms with E-state index in [2.05, 4.69) is 16.5 Å². The first kappa shape index (κ1) is 17.7. The van der Waals surface area contributed by atoms with E-state index in [-0.39, 0.29) is 0 Å². The predicted octanol–water partition coefficient (Wildman–Crippen LogP) is 3.58. The summed E-state index contributed by atoms with van der Waals surface area (Å²) >= 11 is 0. The third-order valence-corrected chi connectivity index (χ3v) is 4.65. The van der Waals surface area contributed by atoms with E-state index >= 15 is 0 Å². The second-order valence-corrected chi connectivity index (χ2v) is 6.11. The van der Waals surface area contributed by atoms with Gasteiger partial charge >= 0.3 is 0 Å². The molecule has 0 saturated carbocycles. The maximum Gasteiger partial charge on any atom is 0.251 e. The second kappa shape index (κ2) is 7.44. The topological polar surface area (TPSA) is 70.1 Å². The van der Waals surface area contributed by atoms with Crippen molar-refractivity contribution in [3.05, 3.63) is 71.2 Å². The van der Waals surface area contributed by atoms with Crippen LogP contribution in [0.25, 0.3) is 11.3 Å². The van der Waals surface area contributed by atoms with E-state index in [0.29, 0.717) is 12.1 Å². The highest BCUT2D eigenvalue weighted by Crippen LogP contribution is 2.33. The van der Waals surface area contributed by atoms with E-state index in [1.807, 2.05) is 49.4 Å². The molecule has 0 fully saturated rings. The highest BCUT2D eigenvalue weighted by atomic mass is 16.5. The number of carbonyl (C=O) groups excluding carboxylic acids is 1. The van der Waals surface area contributed by atoms with Gasteiger partial charge in [0.2, 0.25) is 0 Å². The van der Waals surface area contributed by atoms with E-state index in [0.717, 1.165) is 40.4 Å². The lowest BCUT2D eigenvalue weighted by Gasteiger charge is -2.14. The lowest BCUT2D eigenvalue weighted by atomic mass is 10.0. The van der Waals surface area contributed by atoms with Gasteiger partial charge in [-0.05, 0) is 31.5 Å². The van der Waals surface area contributed by atoms with Crippen LogP contribution in [-0.4, -0.2) is 22.6 Å². The van der Waals surface area contributed by atoms with Crippen LogP contribution >= 0.6 is 0 Å². The third kappa shape index (κ3) is 3.08. The molecule has 0 radical (unpaired) electrons. The molecule has 0 aliphatic carbocycles. The van der Waals surface area contributed by atoms with Crippen molar-refractivity contribution < 1.29 is 9.53 Å². The van der Waals surface area contributed by atoms with Crippen LogP contribution in [0.1, 0.15) is 34.2 Å². The zero-order valence-electron chi connectivity index (χ0n) is 15.3. The Kier molecular flexibility index (Phi) is 5.07. The molecule has 0 spiro atoms. The van der Waals surface area contributed by atoms with Gasteiger partial charge in [-0.25, -0.2) is 0 Å². The highest BCUT2D eigenvalue weighted by molar-refractivity contribution is 6.01. The van der Waals surface area contributed by atoms with Gasteiger partial charge in [0.15, 0.2) is 0 Å². The standard InChI is InChI=1S/C21H23N3O2/c1-4-17-20(16-10-7-8-12-23-16)19(21(22)25)14(2)24(17)13-15-9-5-6-11-18(15)26-3/h5-12H,4,13H2,1-3H3,(H2,22,25). The fraction of sp³-hybridized carbons (Fsp3) is 0.238. The summed E-state index contributed by atoms with van der Waals surface area (Å²) in [6, 6.07) is 13.6. The van der Waals surface area contributed by atoms with Crippen LogP contribution in [0, 0.1) is 6.92 Å². The molecule has 0 aliphatic rings. The van der Waals surface area contributed by atoms with Crippen LogP contribution < -0.4 is 10.5 Å². The number of nitrogens with zero attached hydrogens (tertiary/aromatic N) is 2. The van der Waals surface area contributed by atoms with Gasteiger partial charge in [-0.3, -0.25) is 9.78 Å². The number of methoxy groups -OCH3 is 1. The molecule has 0 bridgehead atoms. The monoisotopic (exact) mass is 349 g/mol. The average Bonchev–Trinajstić information content (AvgIpc) is 2.95. The number of hydrogen-bond donors (Lipinski definition) is 1. The maximum absolute atomic E-state index is 12.2. The van der Waals surface area contributed by atoms with Crippen molar-refractivity contribution in [3.63, 3.8) is 0 Å². The number of para-hydroxylation sites is 1. The van der Waals surface area contributed by atoms with E-state index in [4.69, 9.17) is 10.5 Å². The highest BCUT2D eigenvalue weighted by Gasteiger charge is 2.25. The molecule has 2 N–H and O–H groups in total. The van der Waals surface area contributed by atoms with E-state index in [1.165, 1.54) is 0 Å². The number of amides is 1. The molecule has 3 aromatic rings. The summed E-state index contributed by atoms with van der Waals surface area (Å²) in [5, 5.41) is 0. The minimum atomic E-state index is -0.434. The molecule has 3 rings (SSSR count). The van der Waals surface area contributed by atoms with Gasteiger partial charge in [0.25, 0.3) is 5.91 Å². The number of ether oxygens (including phenoxy) is 1. The minimum Gasteiger partial charge on any atom is -0.496 e. The number of primary amides is 1. The number of benzene rings is 1. The Morgan fingerprint density at radius 1 is 1.19 bits per heavy atom. The normalized spacial score (nSPS) is 10.7. The molecule has 2 heterocycles. The van der Waals surface area contributed by atoms with E-state index in [1.54, 1.807) is 13.3 Å². The molecule has 1 amide bonds. The summed E-state index contributed by atoms with van der Waals surface area (Å²) < 4.78 is 7.62. The lowest BCUT2D eigenvalue weighted by molar-refractivity contribution is 0.1000. The Hall–Kier alpha value is -3.08. The van der Waals surface area contributed by atoms with Gasteiger partial charge < -0.3 is 15.0 Å². The Morgan fingerprint density at radius 3 is 2.54 bits per heavy atom. The number of rotatable bonds is 6. The number of hydrogen-bond acceptors (Lipinski definition) is 3. The van der Waals surface area contributed by atoms with E-state index in [9.17, 15) is 4.79 Å². The maximum atomic E-state index is 12.2. The molecular weight excluding hydrogens is 326 g/mol. The van der Waals surface area contributed by atoms with Gasteiger partial charge in [0.05, 0.1) is 24.9 Å². The average molecular weight is 349 g/mol. The fourth-order valence-electron chi connectivity index (χ4n) is 3.47. The molecule has 5 nitrogen and oxygen atoms in total. The molecule has 0 atom stereocenters. The molecule has 0 saturated heterocycles. The number of aromatic nitrogens is 2. The molecule has 2 aromatic heterocycles. The quantitative estimate of drug-likeness (QED) is 0.739. The first-order valence-corrected chi connectivity index (χ1v) is 8.63. The van der Waals surface area contributed by atoms with Gasteiger partial charge in [0, 0.05) is 28.7 Å². The Labute approximate surface area is 153 Å². The van der Waals surface area contributed by atoms with Crippen molar-refractivity contribution in [1.29, 1.82) is 0 Å². The van der Waals surface area contributed by atoms with Crippen LogP contribution in [0.3, 0.4) is 0 Å². The van der Waals surface area contributed by atoms with Gasteiger partial charge in [0.1, 0.15) is 5.75 Å². The lowest BCUT2D eigenvalue weighted by Crippen LogP contribution is -2.14. The van der Waals surface area contributed by atoms with Crippen molar-refractivity contribution in [2.24, 2.45) is 5.73 Å². The largest absolute Gasteiger partial charge is 0.496 e. The summed E-state index contributed by atoms with van der Waals surface area (Å²) in [7, 11) is 1.66. The molecule has 134 valence electrons. The summed E-state index contributed by atoms with van der Waals surface area (Å²) in [5.41, 5.74) is 10.8. The van der Waals surface area contributed by atoms with Crippen molar-refractivity contribution in [3.8, 4) is 17.0 Å². The number of nitrogens with two attached hydrogens (primary N) is 1. The zero-order chi connectivity index (χ0) is 18.7. The molecule has 26 heavy (non-hydrogen) atoms. The Morgan fingerprint density at radius 2 is 1.92 bits per heavy atom. The number of pyridine rings is 1. The molecule has 0 unspecified atom stereocenters. The SMILES string of the molecule is CCc1c(-c2ccccn2)c(C(N)=O)c(C)n1Cc1ccccc1OC. The van der Waals surface area contributed by atoms with Crippen molar-refractivity contribution in [1.82, 2.24) is 9.55 Å². The van der Waals surface area contributed by atoms with Crippen molar-refractivity contribution in [2.45, 2.75) is 26.8 Å². The smallest absolute Gasteiger partial charge is 0.251 e. The minimum absolute atomic E-state index is 0.434. The third-order valence-electron chi connectivity index (χ3n) is 4.65. The number of carbonyl (C=O) groups is 1. The van der Waals surface area contributed by atoms with Crippen molar-refractivity contribution in [2.75, 3.05) is 7.11 Å². The molecule has 1 aromatic carbocycles. The second-order valence-electron chi connectivity index (χ2n) is 6.11. The van der Waals surface area contributed by atoms with Crippen LogP contribution in [0.4, 0.5) is 0 Å². The summed E-state index contributed by atoms with van der Waals surface area (Å²) in [6.45, 7) is 4.61.